The van der Waals surface area contributed by atoms with Crippen molar-refractivity contribution in [1.29, 1.82) is 0 Å². The summed E-state index contributed by atoms with van der Waals surface area (Å²) in [4.78, 5) is 0. The Bertz CT molecular complexity index is 356. The third-order valence-corrected chi connectivity index (χ3v) is 3.58. The first kappa shape index (κ1) is 10.7. The normalized spacial score (nSPS) is 26.4. The molecular formula is C14H20O. The van der Waals surface area contributed by atoms with Crippen LogP contribution in [0.25, 0.3) is 0 Å². The fraction of sp³-hybridized carbons (Fsp3) is 0.571. The summed E-state index contributed by atoms with van der Waals surface area (Å²) in [6.07, 6.45) is 2.11. The van der Waals surface area contributed by atoms with E-state index < -0.39 is 0 Å². The van der Waals surface area contributed by atoms with E-state index in [1.54, 1.807) is 0 Å². The Morgan fingerprint density at radius 2 is 2.00 bits per heavy atom. The highest BCUT2D eigenvalue weighted by Crippen LogP contribution is 2.31. The fourth-order valence-electron chi connectivity index (χ4n) is 2.30. The highest BCUT2D eigenvalue weighted by molar-refractivity contribution is 5.33. The Morgan fingerprint density at radius 3 is 2.60 bits per heavy atom. The number of hydrogen-bond donors (Lipinski definition) is 0. The van der Waals surface area contributed by atoms with Gasteiger partial charge in [0, 0.05) is 0 Å². The number of rotatable bonds is 3. The maximum atomic E-state index is 5.52. The summed E-state index contributed by atoms with van der Waals surface area (Å²) in [6.45, 7) is 8.84. The van der Waals surface area contributed by atoms with Gasteiger partial charge < -0.3 is 4.74 Å². The topological polar surface area (TPSA) is 12.5 Å². The first-order chi connectivity index (χ1) is 7.09. The van der Waals surface area contributed by atoms with Crippen LogP contribution in [0.15, 0.2) is 18.2 Å². The second kappa shape index (κ2) is 3.97. The van der Waals surface area contributed by atoms with Crippen molar-refractivity contribution in [3.63, 3.8) is 0 Å². The van der Waals surface area contributed by atoms with Gasteiger partial charge in [0.1, 0.15) is 0 Å². The molecule has 1 heteroatoms. The number of aryl methyl sites for hydroxylation is 1. The van der Waals surface area contributed by atoms with Crippen LogP contribution in [0.5, 0.6) is 0 Å². The molecule has 1 fully saturated rings. The van der Waals surface area contributed by atoms with E-state index >= 15 is 0 Å². The molecule has 3 unspecified atom stereocenters. The molecule has 15 heavy (non-hydrogen) atoms. The quantitative estimate of drug-likeness (QED) is 0.688. The van der Waals surface area contributed by atoms with E-state index in [4.69, 9.17) is 4.74 Å². The molecule has 1 aromatic rings. The Kier molecular flexibility index (Phi) is 2.83. The van der Waals surface area contributed by atoms with Crippen molar-refractivity contribution in [3.05, 3.63) is 34.9 Å². The van der Waals surface area contributed by atoms with E-state index in [1.807, 2.05) is 0 Å². The van der Waals surface area contributed by atoms with Gasteiger partial charge in [-0.05, 0) is 49.8 Å². The molecule has 0 amide bonds. The molecule has 82 valence electrons. The molecule has 0 spiro atoms. The molecule has 1 nitrogen and oxygen atoms in total. The summed E-state index contributed by atoms with van der Waals surface area (Å²) in [7, 11) is 0. The van der Waals surface area contributed by atoms with Crippen LogP contribution >= 0.6 is 0 Å². The van der Waals surface area contributed by atoms with Gasteiger partial charge >= 0.3 is 0 Å². The van der Waals surface area contributed by atoms with Crippen molar-refractivity contribution in [3.8, 4) is 0 Å². The molecule has 2 rings (SSSR count). The Labute approximate surface area is 92.5 Å². The predicted molar refractivity (Wildman–Crippen MR) is 63.1 cm³/mol. The van der Waals surface area contributed by atoms with Crippen molar-refractivity contribution in [1.82, 2.24) is 0 Å². The Balaban J connectivity index is 2.07. The van der Waals surface area contributed by atoms with Gasteiger partial charge in [0.2, 0.25) is 0 Å². The average molecular weight is 204 g/mol. The highest BCUT2D eigenvalue weighted by atomic mass is 16.6. The summed E-state index contributed by atoms with van der Waals surface area (Å²) >= 11 is 0. The molecule has 1 aromatic carbocycles. The van der Waals surface area contributed by atoms with E-state index in [2.05, 4.69) is 45.9 Å². The van der Waals surface area contributed by atoms with Gasteiger partial charge in [-0.3, -0.25) is 0 Å². The summed E-state index contributed by atoms with van der Waals surface area (Å²) in [5.41, 5.74) is 4.31. The van der Waals surface area contributed by atoms with E-state index in [0.717, 1.165) is 6.42 Å². The zero-order chi connectivity index (χ0) is 11.0. The van der Waals surface area contributed by atoms with Gasteiger partial charge in [-0.2, -0.15) is 0 Å². The Morgan fingerprint density at radius 1 is 1.33 bits per heavy atom. The smallest absolute Gasteiger partial charge is 0.0867 e. The standard InChI is InChI=1S/C14H20O/c1-9-6-5-7-13(11(9)3)8-10(2)14-12(4)15-14/h5-7,10,12,14H,8H2,1-4H3. The zero-order valence-corrected chi connectivity index (χ0v) is 10.1. The SMILES string of the molecule is Cc1cccc(CC(C)C2OC2C)c1C. The Hall–Kier alpha value is -0.820. The predicted octanol–water partition coefficient (Wildman–Crippen LogP) is 3.27. The van der Waals surface area contributed by atoms with Gasteiger partial charge in [0.25, 0.3) is 0 Å². The summed E-state index contributed by atoms with van der Waals surface area (Å²) in [6, 6.07) is 6.58. The second-order valence-corrected chi connectivity index (χ2v) is 4.85. The van der Waals surface area contributed by atoms with Crippen molar-refractivity contribution >= 4 is 0 Å². The van der Waals surface area contributed by atoms with Crippen molar-refractivity contribution in [2.45, 2.75) is 46.3 Å². The van der Waals surface area contributed by atoms with Crippen LogP contribution in [0.4, 0.5) is 0 Å². The van der Waals surface area contributed by atoms with E-state index in [0.29, 0.717) is 18.1 Å². The summed E-state index contributed by atoms with van der Waals surface area (Å²) < 4.78 is 5.52. The van der Waals surface area contributed by atoms with Gasteiger partial charge in [0.05, 0.1) is 12.2 Å². The third kappa shape index (κ3) is 2.23. The van der Waals surface area contributed by atoms with Gasteiger partial charge in [-0.25, -0.2) is 0 Å². The van der Waals surface area contributed by atoms with E-state index in [-0.39, 0.29) is 0 Å². The molecule has 1 saturated heterocycles. The molecule has 0 bridgehead atoms. The number of hydrogen-bond acceptors (Lipinski definition) is 1. The van der Waals surface area contributed by atoms with Crippen LogP contribution in [-0.4, -0.2) is 12.2 Å². The van der Waals surface area contributed by atoms with Crippen molar-refractivity contribution in [2.75, 3.05) is 0 Å². The summed E-state index contributed by atoms with van der Waals surface area (Å²) in [5, 5.41) is 0. The minimum absolute atomic E-state index is 0.477. The minimum atomic E-state index is 0.477. The average Bonchev–Trinajstić information content (AvgIpc) is 2.91. The van der Waals surface area contributed by atoms with Crippen molar-refractivity contribution in [2.24, 2.45) is 5.92 Å². The number of benzene rings is 1. The first-order valence-corrected chi connectivity index (χ1v) is 5.80. The van der Waals surface area contributed by atoms with Crippen LogP contribution in [0, 0.1) is 19.8 Å². The molecule has 0 saturated carbocycles. The molecule has 0 aliphatic carbocycles. The minimum Gasteiger partial charge on any atom is -0.370 e. The molecule has 0 radical (unpaired) electrons. The first-order valence-electron chi connectivity index (χ1n) is 5.80. The van der Waals surface area contributed by atoms with E-state index in [1.165, 1.54) is 16.7 Å². The monoisotopic (exact) mass is 204 g/mol. The lowest BCUT2D eigenvalue weighted by Gasteiger charge is -2.12. The lowest BCUT2D eigenvalue weighted by molar-refractivity contribution is 0.328. The molecule has 3 atom stereocenters. The molecule has 1 aliphatic rings. The van der Waals surface area contributed by atoms with Gasteiger partial charge in [0.15, 0.2) is 0 Å². The molecule has 0 N–H and O–H groups in total. The van der Waals surface area contributed by atoms with Crippen LogP contribution in [0.3, 0.4) is 0 Å². The van der Waals surface area contributed by atoms with Gasteiger partial charge in [-0.1, -0.05) is 25.1 Å². The molecule has 0 aromatic heterocycles. The van der Waals surface area contributed by atoms with E-state index in [9.17, 15) is 0 Å². The van der Waals surface area contributed by atoms with Gasteiger partial charge in [-0.15, -0.1) is 0 Å². The maximum absolute atomic E-state index is 5.52. The molecular weight excluding hydrogens is 184 g/mol. The molecule has 1 aliphatic heterocycles. The number of epoxide rings is 1. The maximum Gasteiger partial charge on any atom is 0.0867 e. The zero-order valence-electron chi connectivity index (χ0n) is 10.1. The van der Waals surface area contributed by atoms with Crippen LogP contribution in [-0.2, 0) is 11.2 Å². The van der Waals surface area contributed by atoms with Crippen molar-refractivity contribution < 1.29 is 4.74 Å². The van der Waals surface area contributed by atoms with Crippen LogP contribution in [0.2, 0.25) is 0 Å². The van der Waals surface area contributed by atoms with Crippen LogP contribution < -0.4 is 0 Å². The lowest BCUT2D eigenvalue weighted by Crippen LogP contribution is -2.10. The third-order valence-electron chi connectivity index (χ3n) is 3.58. The highest BCUT2D eigenvalue weighted by Gasteiger charge is 2.38. The fourth-order valence-corrected chi connectivity index (χ4v) is 2.30. The lowest BCUT2D eigenvalue weighted by atomic mass is 9.92. The second-order valence-electron chi connectivity index (χ2n) is 4.85. The summed E-state index contributed by atoms with van der Waals surface area (Å²) in [5.74, 6) is 0.639. The van der Waals surface area contributed by atoms with Crippen LogP contribution in [0.1, 0.15) is 30.5 Å². The molecule has 1 heterocycles. The largest absolute Gasteiger partial charge is 0.370 e. The number of ether oxygens (including phenoxy) is 1.